The van der Waals surface area contributed by atoms with E-state index < -0.39 is 16.6 Å². The first-order chi connectivity index (χ1) is 12.0. The molecule has 130 valence electrons. The van der Waals surface area contributed by atoms with Gasteiger partial charge >= 0.3 is 0 Å². The Bertz CT molecular complexity index is 803. The van der Waals surface area contributed by atoms with Crippen molar-refractivity contribution in [1.29, 1.82) is 0 Å². The lowest BCUT2D eigenvalue weighted by atomic mass is 10.1. The Kier molecular flexibility index (Phi) is 4.60. The van der Waals surface area contributed by atoms with E-state index >= 15 is 0 Å². The lowest BCUT2D eigenvalue weighted by molar-refractivity contribution is -0.384. The van der Waals surface area contributed by atoms with Gasteiger partial charge < -0.3 is 9.80 Å². The van der Waals surface area contributed by atoms with E-state index in [2.05, 4.69) is 0 Å². The molecule has 0 aliphatic carbocycles. The fraction of sp³-hybridized carbons (Fsp3) is 0.235. The van der Waals surface area contributed by atoms with Crippen LogP contribution in [-0.2, 0) is 0 Å². The van der Waals surface area contributed by atoms with Crippen molar-refractivity contribution < 1.29 is 18.5 Å². The molecule has 0 bridgehead atoms. The molecule has 0 unspecified atom stereocenters. The first-order valence-electron chi connectivity index (χ1n) is 7.69. The van der Waals surface area contributed by atoms with Gasteiger partial charge in [0, 0.05) is 43.9 Å². The number of amides is 1. The molecule has 0 N–H and O–H groups in total. The highest BCUT2D eigenvalue weighted by Crippen LogP contribution is 2.29. The van der Waals surface area contributed by atoms with Gasteiger partial charge in [0.2, 0.25) is 0 Å². The summed E-state index contributed by atoms with van der Waals surface area (Å²) in [4.78, 5) is 26.3. The monoisotopic (exact) mass is 347 g/mol. The molecule has 1 amide bonds. The normalized spacial score (nSPS) is 14.5. The third-order valence-corrected chi connectivity index (χ3v) is 4.13. The summed E-state index contributed by atoms with van der Waals surface area (Å²) in [6.45, 7) is 1.36. The van der Waals surface area contributed by atoms with Crippen LogP contribution >= 0.6 is 0 Å². The second kappa shape index (κ2) is 6.84. The van der Waals surface area contributed by atoms with Crippen LogP contribution in [0.4, 0.5) is 20.2 Å². The molecule has 0 aromatic heterocycles. The molecule has 3 rings (SSSR count). The van der Waals surface area contributed by atoms with Crippen LogP contribution in [0.1, 0.15) is 10.4 Å². The Morgan fingerprint density at radius 2 is 1.56 bits per heavy atom. The average Bonchev–Trinajstić information content (AvgIpc) is 2.61. The molecule has 1 aliphatic rings. The second-order valence-corrected chi connectivity index (χ2v) is 5.68. The summed E-state index contributed by atoms with van der Waals surface area (Å²) in [6.07, 6.45) is 0. The van der Waals surface area contributed by atoms with Crippen molar-refractivity contribution in [1.82, 2.24) is 4.90 Å². The van der Waals surface area contributed by atoms with Crippen LogP contribution in [-0.4, -0.2) is 41.9 Å². The van der Waals surface area contributed by atoms with Crippen LogP contribution in [0, 0.1) is 21.7 Å². The van der Waals surface area contributed by atoms with Gasteiger partial charge in [0.1, 0.15) is 17.3 Å². The van der Waals surface area contributed by atoms with Crippen LogP contribution < -0.4 is 4.90 Å². The van der Waals surface area contributed by atoms with Crippen molar-refractivity contribution in [3.8, 4) is 0 Å². The number of hydrogen-bond acceptors (Lipinski definition) is 4. The van der Waals surface area contributed by atoms with E-state index in [1.807, 2.05) is 0 Å². The summed E-state index contributed by atoms with van der Waals surface area (Å²) >= 11 is 0. The van der Waals surface area contributed by atoms with Gasteiger partial charge in [-0.2, -0.15) is 0 Å². The van der Waals surface area contributed by atoms with Crippen molar-refractivity contribution in [3.63, 3.8) is 0 Å². The third kappa shape index (κ3) is 3.57. The predicted octanol–water partition coefficient (Wildman–Crippen LogP) is 2.84. The summed E-state index contributed by atoms with van der Waals surface area (Å²) < 4.78 is 26.4. The number of anilines is 1. The van der Waals surface area contributed by atoms with Crippen LogP contribution in [0.2, 0.25) is 0 Å². The number of benzene rings is 2. The lowest BCUT2D eigenvalue weighted by Crippen LogP contribution is -2.49. The van der Waals surface area contributed by atoms with E-state index in [4.69, 9.17) is 0 Å². The number of carbonyl (C=O) groups is 1. The average molecular weight is 347 g/mol. The Labute approximate surface area is 142 Å². The van der Waals surface area contributed by atoms with Gasteiger partial charge in [0.25, 0.3) is 11.6 Å². The molecule has 6 nitrogen and oxygen atoms in total. The van der Waals surface area contributed by atoms with Crippen LogP contribution in [0.3, 0.4) is 0 Å². The van der Waals surface area contributed by atoms with Crippen molar-refractivity contribution in [3.05, 3.63) is 69.8 Å². The van der Waals surface area contributed by atoms with Crippen LogP contribution in [0.15, 0.2) is 42.5 Å². The van der Waals surface area contributed by atoms with Crippen molar-refractivity contribution >= 4 is 17.3 Å². The first-order valence-corrected chi connectivity index (χ1v) is 7.69. The molecular weight excluding hydrogens is 332 g/mol. The molecule has 1 fully saturated rings. The number of nitro benzene ring substituents is 1. The molecule has 1 aliphatic heterocycles. The SMILES string of the molecule is O=C(c1ccc(F)cc1)N1CCN(c2cc(F)ccc2[N+](=O)[O-])CC1. The zero-order valence-corrected chi connectivity index (χ0v) is 13.2. The summed E-state index contributed by atoms with van der Waals surface area (Å²) in [5.74, 6) is -1.20. The summed E-state index contributed by atoms with van der Waals surface area (Å²) in [5.41, 5.74) is 0.421. The fourth-order valence-corrected chi connectivity index (χ4v) is 2.83. The Morgan fingerprint density at radius 1 is 0.960 bits per heavy atom. The van der Waals surface area contributed by atoms with Gasteiger partial charge in [-0.05, 0) is 30.3 Å². The van der Waals surface area contributed by atoms with Crippen LogP contribution in [0.5, 0.6) is 0 Å². The standard InChI is InChI=1S/C17H15F2N3O3/c18-13-3-1-12(2-4-13)17(23)21-9-7-20(8-10-21)16-11-14(19)5-6-15(16)22(24)25/h1-6,11H,7-10H2. The highest BCUT2D eigenvalue weighted by Gasteiger charge is 2.26. The van der Waals surface area contributed by atoms with Crippen molar-refractivity contribution in [2.75, 3.05) is 31.1 Å². The smallest absolute Gasteiger partial charge is 0.292 e. The fourth-order valence-electron chi connectivity index (χ4n) is 2.83. The van der Waals surface area contributed by atoms with Crippen molar-refractivity contribution in [2.24, 2.45) is 0 Å². The zero-order valence-electron chi connectivity index (χ0n) is 13.2. The zero-order chi connectivity index (χ0) is 18.0. The van der Waals surface area contributed by atoms with E-state index in [0.717, 1.165) is 18.2 Å². The number of carbonyl (C=O) groups excluding carboxylic acids is 1. The molecule has 2 aromatic rings. The van der Waals surface area contributed by atoms with E-state index in [9.17, 15) is 23.7 Å². The maximum atomic E-state index is 13.5. The summed E-state index contributed by atoms with van der Waals surface area (Å²) in [6, 6.07) is 8.61. The van der Waals surface area contributed by atoms with E-state index in [1.165, 1.54) is 24.3 Å². The topological polar surface area (TPSA) is 66.7 Å². The molecule has 0 spiro atoms. The lowest BCUT2D eigenvalue weighted by Gasteiger charge is -2.35. The molecule has 8 heteroatoms. The maximum absolute atomic E-state index is 13.5. The maximum Gasteiger partial charge on any atom is 0.292 e. The number of halogens is 2. The number of hydrogen-bond donors (Lipinski definition) is 0. The molecule has 1 saturated heterocycles. The summed E-state index contributed by atoms with van der Waals surface area (Å²) in [5, 5.41) is 11.1. The number of nitro groups is 1. The highest BCUT2D eigenvalue weighted by molar-refractivity contribution is 5.94. The Balaban J connectivity index is 1.72. The largest absolute Gasteiger partial charge is 0.362 e. The third-order valence-electron chi connectivity index (χ3n) is 4.13. The van der Waals surface area contributed by atoms with Gasteiger partial charge in [0.15, 0.2) is 0 Å². The van der Waals surface area contributed by atoms with E-state index in [-0.39, 0.29) is 17.3 Å². The number of nitrogens with zero attached hydrogens (tertiary/aromatic N) is 3. The molecule has 0 saturated carbocycles. The van der Waals surface area contributed by atoms with E-state index in [1.54, 1.807) is 9.80 Å². The molecule has 1 heterocycles. The predicted molar refractivity (Wildman–Crippen MR) is 87.6 cm³/mol. The van der Waals surface area contributed by atoms with E-state index in [0.29, 0.717) is 31.7 Å². The molecular formula is C17H15F2N3O3. The quantitative estimate of drug-likeness (QED) is 0.633. The minimum atomic E-state index is -0.551. The molecule has 2 aromatic carbocycles. The molecule has 0 radical (unpaired) electrons. The Morgan fingerprint density at radius 3 is 2.16 bits per heavy atom. The van der Waals surface area contributed by atoms with Gasteiger partial charge in [-0.3, -0.25) is 14.9 Å². The van der Waals surface area contributed by atoms with Gasteiger partial charge in [0.05, 0.1) is 4.92 Å². The second-order valence-electron chi connectivity index (χ2n) is 5.68. The highest BCUT2D eigenvalue weighted by atomic mass is 19.1. The number of rotatable bonds is 3. The molecule has 25 heavy (non-hydrogen) atoms. The van der Waals surface area contributed by atoms with Gasteiger partial charge in [-0.1, -0.05) is 0 Å². The summed E-state index contributed by atoms with van der Waals surface area (Å²) in [7, 11) is 0. The van der Waals surface area contributed by atoms with Gasteiger partial charge in [-0.25, -0.2) is 8.78 Å². The van der Waals surface area contributed by atoms with Crippen molar-refractivity contribution in [2.45, 2.75) is 0 Å². The molecule has 0 atom stereocenters. The Hall–Kier alpha value is -3.03. The minimum absolute atomic E-state index is 0.167. The first kappa shape index (κ1) is 16.8. The number of piperazine rings is 1. The minimum Gasteiger partial charge on any atom is -0.362 e. The van der Waals surface area contributed by atoms with Gasteiger partial charge in [-0.15, -0.1) is 0 Å². The van der Waals surface area contributed by atoms with Crippen LogP contribution in [0.25, 0.3) is 0 Å².